The van der Waals surface area contributed by atoms with Crippen LogP contribution >= 0.6 is 22.6 Å². The standard InChI is InChI=1S/C12H17F2IN2O2/c1-4-18-7-19-11(5-12(13,14)6-11)10-9(15)8(2)17(3)16-10/h4-7H2,1-3H3. The Bertz CT molecular complexity index is 469. The molecule has 0 N–H and O–H groups in total. The van der Waals surface area contributed by atoms with E-state index >= 15 is 0 Å². The van der Waals surface area contributed by atoms with E-state index in [0.29, 0.717) is 12.3 Å². The van der Waals surface area contributed by atoms with Crippen LogP contribution in [-0.4, -0.2) is 29.1 Å². The molecule has 1 aromatic rings. The van der Waals surface area contributed by atoms with E-state index < -0.39 is 11.5 Å². The third-order valence-corrected chi connectivity index (χ3v) is 4.70. The molecule has 19 heavy (non-hydrogen) atoms. The molecular formula is C12H17F2IN2O2. The zero-order valence-corrected chi connectivity index (χ0v) is 13.3. The van der Waals surface area contributed by atoms with E-state index in [4.69, 9.17) is 9.47 Å². The van der Waals surface area contributed by atoms with Crippen LogP contribution in [-0.2, 0) is 22.1 Å². The Balaban J connectivity index is 2.26. The zero-order chi connectivity index (χ0) is 14.3. The number of nitrogens with zero attached hydrogens (tertiary/aromatic N) is 2. The highest BCUT2D eigenvalue weighted by atomic mass is 127. The first-order chi connectivity index (χ1) is 8.81. The Hall–Kier alpha value is -0.280. The van der Waals surface area contributed by atoms with Crippen molar-refractivity contribution in [1.29, 1.82) is 0 Å². The molecular weight excluding hydrogens is 369 g/mol. The van der Waals surface area contributed by atoms with E-state index in [1.165, 1.54) is 0 Å². The highest BCUT2D eigenvalue weighted by Gasteiger charge is 2.60. The van der Waals surface area contributed by atoms with Gasteiger partial charge >= 0.3 is 0 Å². The number of hydrogen-bond acceptors (Lipinski definition) is 3. The number of alkyl halides is 2. The summed E-state index contributed by atoms with van der Waals surface area (Å²) in [6, 6.07) is 0. The molecule has 7 heteroatoms. The fourth-order valence-corrected chi connectivity index (χ4v) is 3.18. The van der Waals surface area contributed by atoms with Gasteiger partial charge in [0.15, 0.2) is 0 Å². The van der Waals surface area contributed by atoms with Crippen molar-refractivity contribution in [2.45, 2.75) is 38.2 Å². The van der Waals surface area contributed by atoms with Gasteiger partial charge in [-0.3, -0.25) is 4.68 Å². The van der Waals surface area contributed by atoms with Crippen molar-refractivity contribution >= 4 is 22.6 Å². The van der Waals surface area contributed by atoms with Gasteiger partial charge in [-0.1, -0.05) is 0 Å². The molecule has 0 spiro atoms. The van der Waals surface area contributed by atoms with Crippen LogP contribution in [0.1, 0.15) is 31.2 Å². The lowest BCUT2D eigenvalue weighted by Crippen LogP contribution is -2.52. The Labute approximate surface area is 124 Å². The molecule has 1 aromatic heterocycles. The number of aromatic nitrogens is 2. The molecule has 1 heterocycles. The Morgan fingerprint density at radius 1 is 1.42 bits per heavy atom. The molecule has 0 radical (unpaired) electrons. The molecule has 0 bridgehead atoms. The molecule has 1 fully saturated rings. The molecule has 1 saturated carbocycles. The van der Waals surface area contributed by atoms with Crippen LogP contribution in [0.5, 0.6) is 0 Å². The fourth-order valence-electron chi connectivity index (χ4n) is 2.23. The van der Waals surface area contributed by atoms with E-state index in [9.17, 15) is 8.78 Å². The monoisotopic (exact) mass is 386 g/mol. The third kappa shape index (κ3) is 2.78. The molecule has 1 aliphatic rings. The molecule has 0 amide bonds. The highest BCUT2D eigenvalue weighted by molar-refractivity contribution is 14.1. The van der Waals surface area contributed by atoms with Gasteiger partial charge in [-0.15, -0.1) is 0 Å². The summed E-state index contributed by atoms with van der Waals surface area (Å²) in [5.74, 6) is -2.68. The predicted molar refractivity (Wildman–Crippen MR) is 74.1 cm³/mol. The van der Waals surface area contributed by atoms with Crippen molar-refractivity contribution in [1.82, 2.24) is 9.78 Å². The summed E-state index contributed by atoms with van der Waals surface area (Å²) in [6.45, 7) is 4.24. The molecule has 1 aliphatic carbocycles. The van der Waals surface area contributed by atoms with Gasteiger partial charge in [0.1, 0.15) is 18.1 Å². The van der Waals surface area contributed by atoms with E-state index in [1.807, 2.05) is 13.8 Å². The summed E-state index contributed by atoms with van der Waals surface area (Å²) in [5, 5.41) is 4.34. The minimum atomic E-state index is -2.68. The van der Waals surface area contributed by atoms with Crippen molar-refractivity contribution in [3.63, 3.8) is 0 Å². The van der Waals surface area contributed by atoms with Gasteiger partial charge in [0.05, 0.1) is 3.57 Å². The molecule has 108 valence electrons. The number of hydrogen-bond donors (Lipinski definition) is 0. The van der Waals surface area contributed by atoms with Gasteiger partial charge in [0.25, 0.3) is 5.92 Å². The summed E-state index contributed by atoms with van der Waals surface area (Å²) in [4.78, 5) is 0. The van der Waals surface area contributed by atoms with Crippen LogP contribution in [0.25, 0.3) is 0 Å². The van der Waals surface area contributed by atoms with Crippen molar-refractivity contribution in [3.8, 4) is 0 Å². The van der Waals surface area contributed by atoms with Crippen LogP contribution in [0.15, 0.2) is 0 Å². The molecule has 2 rings (SSSR count). The second-order valence-corrected chi connectivity index (χ2v) is 5.91. The summed E-state index contributed by atoms with van der Waals surface area (Å²) in [7, 11) is 1.80. The van der Waals surface area contributed by atoms with Crippen molar-refractivity contribution in [2.24, 2.45) is 7.05 Å². The first-order valence-electron chi connectivity index (χ1n) is 6.10. The SMILES string of the molecule is CCOCOC1(c2nn(C)c(C)c2I)CC(F)(F)C1. The van der Waals surface area contributed by atoms with Crippen LogP contribution in [0.4, 0.5) is 8.78 Å². The molecule has 0 atom stereocenters. The lowest BCUT2D eigenvalue weighted by molar-refractivity contribution is -0.264. The summed E-state index contributed by atoms with van der Waals surface area (Å²) in [6.07, 6.45) is -0.668. The van der Waals surface area contributed by atoms with Crippen molar-refractivity contribution in [3.05, 3.63) is 15.0 Å². The number of ether oxygens (including phenoxy) is 2. The lowest BCUT2D eigenvalue weighted by atomic mass is 9.74. The summed E-state index contributed by atoms with van der Waals surface area (Å²) < 4.78 is 39.9. The van der Waals surface area contributed by atoms with Gasteiger partial charge in [-0.25, -0.2) is 8.78 Å². The van der Waals surface area contributed by atoms with Crippen LogP contribution in [0.3, 0.4) is 0 Å². The predicted octanol–water partition coefficient (Wildman–Crippen LogP) is 2.97. The van der Waals surface area contributed by atoms with Gasteiger partial charge in [0, 0.05) is 32.2 Å². The first-order valence-corrected chi connectivity index (χ1v) is 7.18. The molecule has 0 saturated heterocycles. The van der Waals surface area contributed by atoms with Gasteiger partial charge in [0.2, 0.25) is 0 Å². The molecule has 0 aliphatic heterocycles. The maximum Gasteiger partial charge on any atom is 0.254 e. The third-order valence-electron chi connectivity index (χ3n) is 3.40. The smallest absolute Gasteiger partial charge is 0.254 e. The van der Waals surface area contributed by atoms with Crippen LogP contribution in [0, 0.1) is 10.5 Å². The average Bonchev–Trinajstić information content (AvgIpc) is 2.55. The zero-order valence-electron chi connectivity index (χ0n) is 11.2. The topological polar surface area (TPSA) is 36.3 Å². The summed E-state index contributed by atoms with van der Waals surface area (Å²) >= 11 is 2.13. The van der Waals surface area contributed by atoms with E-state index in [0.717, 1.165) is 9.26 Å². The maximum absolute atomic E-state index is 13.3. The normalized spacial score (nSPS) is 20.3. The largest absolute Gasteiger partial charge is 0.356 e. The Kier molecular flexibility index (Phi) is 4.18. The maximum atomic E-state index is 13.3. The molecule has 0 unspecified atom stereocenters. The first kappa shape index (κ1) is 15.1. The Morgan fingerprint density at radius 3 is 2.47 bits per heavy atom. The van der Waals surface area contributed by atoms with Crippen LogP contribution in [0.2, 0.25) is 0 Å². The van der Waals surface area contributed by atoms with E-state index in [-0.39, 0.29) is 19.6 Å². The minimum absolute atomic E-state index is 0.0122. The average molecular weight is 386 g/mol. The number of halogens is 3. The summed E-state index contributed by atoms with van der Waals surface area (Å²) in [5.41, 5.74) is 0.533. The lowest BCUT2D eigenvalue weighted by Gasteiger charge is -2.45. The van der Waals surface area contributed by atoms with Gasteiger partial charge in [-0.05, 0) is 36.4 Å². The van der Waals surface area contributed by atoms with Crippen molar-refractivity contribution < 1.29 is 18.3 Å². The molecule has 0 aromatic carbocycles. The Morgan fingerprint density at radius 2 is 2.05 bits per heavy atom. The van der Waals surface area contributed by atoms with Gasteiger partial charge in [-0.2, -0.15) is 5.10 Å². The van der Waals surface area contributed by atoms with E-state index in [1.54, 1.807) is 11.7 Å². The number of rotatable bonds is 5. The minimum Gasteiger partial charge on any atom is -0.356 e. The van der Waals surface area contributed by atoms with Gasteiger partial charge < -0.3 is 9.47 Å². The second-order valence-electron chi connectivity index (χ2n) is 4.83. The second kappa shape index (κ2) is 5.25. The quantitative estimate of drug-likeness (QED) is 0.444. The fraction of sp³-hybridized carbons (Fsp3) is 0.750. The number of aryl methyl sites for hydroxylation is 1. The van der Waals surface area contributed by atoms with E-state index in [2.05, 4.69) is 27.7 Å². The van der Waals surface area contributed by atoms with Crippen molar-refractivity contribution in [2.75, 3.05) is 13.4 Å². The molecule has 4 nitrogen and oxygen atoms in total. The van der Waals surface area contributed by atoms with Crippen LogP contribution < -0.4 is 0 Å². The highest BCUT2D eigenvalue weighted by Crippen LogP contribution is 2.54.